The molecule has 0 unspecified atom stereocenters. The van der Waals surface area contributed by atoms with Gasteiger partial charge in [0.25, 0.3) is 0 Å². The monoisotopic (exact) mass is 330 g/mol. The second kappa shape index (κ2) is 19.2. The van der Waals surface area contributed by atoms with Gasteiger partial charge in [-0.3, -0.25) is 4.79 Å². The lowest BCUT2D eigenvalue weighted by Crippen LogP contribution is -1.91. The molecule has 2 heteroatoms. The number of hydrogen-bond acceptors (Lipinski definition) is 1. The Morgan fingerprint density at radius 3 is 1.92 bits per heavy atom. The molecule has 0 aromatic heterocycles. The summed E-state index contributed by atoms with van der Waals surface area (Å²) in [6, 6.07) is 0. The van der Waals surface area contributed by atoms with Crippen molar-refractivity contribution in [2.24, 2.45) is 0 Å². The summed E-state index contributed by atoms with van der Waals surface area (Å²) in [5, 5.41) is 8.49. The molecule has 0 heterocycles. The molecule has 0 aromatic rings. The van der Waals surface area contributed by atoms with Gasteiger partial charge in [0, 0.05) is 6.42 Å². The summed E-state index contributed by atoms with van der Waals surface area (Å²) in [5.74, 6) is -0.739. The van der Waals surface area contributed by atoms with E-state index in [0.717, 1.165) is 19.3 Å². The summed E-state index contributed by atoms with van der Waals surface area (Å²) in [4.78, 5) is 10.3. The normalized spacial score (nSPS) is 12.7. The zero-order chi connectivity index (χ0) is 17.7. The fourth-order valence-electron chi connectivity index (χ4n) is 2.06. The average Bonchev–Trinajstić information content (AvgIpc) is 2.56. The summed E-state index contributed by atoms with van der Waals surface area (Å²) in [6.45, 7) is 2.24. The molecule has 0 fully saturated rings. The van der Waals surface area contributed by atoms with Gasteiger partial charge in [0.15, 0.2) is 0 Å². The maximum absolute atomic E-state index is 10.3. The Hall–Kier alpha value is -1.83. The number of hydrogen-bond donors (Lipinski definition) is 1. The summed E-state index contributed by atoms with van der Waals surface area (Å²) in [6.07, 6.45) is 31.4. The van der Waals surface area contributed by atoms with Crippen LogP contribution < -0.4 is 0 Å². The molecule has 0 aliphatic heterocycles. The maximum Gasteiger partial charge on any atom is 0.303 e. The highest BCUT2D eigenvalue weighted by Gasteiger charge is 1.90. The summed E-state index contributed by atoms with van der Waals surface area (Å²) in [5.41, 5.74) is 0. The molecule has 0 aliphatic rings. The van der Waals surface area contributed by atoms with Crippen LogP contribution in [0.4, 0.5) is 0 Å². The Balaban J connectivity index is 3.48. The van der Waals surface area contributed by atoms with Crippen LogP contribution in [0.1, 0.15) is 71.1 Å². The molecule has 24 heavy (non-hydrogen) atoms. The predicted octanol–water partition coefficient (Wildman–Crippen LogP) is 6.77. The second-order valence-electron chi connectivity index (χ2n) is 5.76. The molecule has 134 valence electrons. The van der Waals surface area contributed by atoms with Crippen LogP contribution in [0.15, 0.2) is 60.8 Å². The van der Waals surface area contributed by atoms with E-state index in [-0.39, 0.29) is 6.42 Å². The molecule has 2 nitrogen and oxygen atoms in total. The van der Waals surface area contributed by atoms with Crippen LogP contribution in [0, 0.1) is 0 Å². The molecular weight excluding hydrogens is 296 g/mol. The highest BCUT2D eigenvalue weighted by atomic mass is 16.4. The molecule has 0 rings (SSSR count). The van der Waals surface area contributed by atoms with Crippen molar-refractivity contribution in [2.45, 2.75) is 71.1 Å². The number of aliphatic carboxylic acids is 1. The number of carboxylic acid groups (broad SMARTS) is 1. The lowest BCUT2D eigenvalue weighted by atomic mass is 10.1. The number of allylic oxidation sites excluding steroid dienone is 10. The molecule has 0 saturated heterocycles. The fraction of sp³-hybridized carbons (Fsp3) is 0.500. The van der Waals surface area contributed by atoms with E-state index in [1.165, 1.54) is 32.1 Å². The smallest absolute Gasteiger partial charge is 0.303 e. The Morgan fingerprint density at radius 2 is 1.29 bits per heavy atom. The van der Waals surface area contributed by atoms with Crippen LogP contribution in [0.2, 0.25) is 0 Å². The van der Waals surface area contributed by atoms with Gasteiger partial charge in [-0.2, -0.15) is 0 Å². The van der Waals surface area contributed by atoms with Crippen molar-refractivity contribution >= 4 is 5.97 Å². The lowest BCUT2D eigenvalue weighted by Gasteiger charge is -1.92. The summed E-state index contributed by atoms with van der Waals surface area (Å²) >= 11 is 0. The first-order chi connectivity index (χ1) is 11.8. The fourth-order valence-corrected chi connectivity index (χ4v) is 2.06. The Bertz CT molecular complexity index is 425. The van der Waals surface area contributed by atoms with Gasteiger partial charge in [0.2, 0.25) is 0 Å². The van der Waals surface area contributed by atoms with Gasteiger partial charge in [0.1, 0.15) is 0 Å². The maximum atomic E-state index is 10.3. The van der Waals surface area contributed by atoms with Gasteiger partial charge in [-0.1, -0.05) is 86.9 Å². The van der Waals surface area contributed by atoms with Crippen molar-refractivity contribution in [3.05, 3.63) is 60.8 Å². The van der Waals surface area contributed by atoms with Gasteiger partial charge in [-0.05, 0) is 38.5 Å². The SMILES string of the molecule is CCCCCCC=CC=CCC=CCC=CCC=CCCC(=O)O. The third kappa shape index (κ3) is 20.2. The van der Waals surface area contributed by atoms with E-state index in [2.05, 4.69) is 55.5 Å². The highest BCUT2D eigenvalue weighted by Crippen LogP contribution is 2.03. The summed E-state index contributed by atoms with van der Waals surface area (Å²) < 4.78 is 0. The largest absolute Gasteiger partial charge is 0.481 e. The number of carboxylic acids is 1. The van der Waals surface area contributed by atoms with E-state index in [1.54, 1.807) is 0 Å². The van der Waals surface area contributed by atoms with E-state index in [0.29, 0.717) is 6.42 Å². The van der Waals surface area contributed by atoms with E-state index < -0.39 is 5.97 Å². The van der Waals surface area contributed by atoms with Crippen molar-refractivity contribution < 1.29 is 9.90 Å². The van der Waals surface area contributed by atoms with Gasteiger partial charge >= 0.3 is 5.97 Å². The molecule has 0 radical (unpaired) electrons. The summed E-state index contributed by atoms with van der Waals surface area (Å²) in [7, 11) is 0. The molecule has 0 atom stereocenters. The van der Waals surface area contributed by atoms with Crippen LogP contribution in [0.3, 0.4) is 0 Å². The minimum Gasteiger partial charge on any atom is -0.481 e. The molecule has 0 saturated carbocycles. The van der Waals surface area contributed by atoms with Crippen molar-refractivity contribution in [1.29, 1.82) is 0 Å². The Morgan fingerprint density at radius 1 is 0.708 bits per heavy atom. The van der Waals surface area contributed by atoms with Crippen LogP contribution in [-0.2, 0) is 4.79 Å². The zero-order valence-corrected chi connectivity index (χ0v) is 15.2. The zero-order valence-electron chi connectivity index (χ0n) is 15.2. The number of unbranched alkanes of at least 4 members (excludes halogenated alkanes) is 4. The molecular formula is C22H34O2. The van der Waals surface area contributed by atoms with Crippen molar-refractivity contribution in [3.8, 4) is 0 Å². The molecule has 0 bridgehead atoms. The Kier molecular flexibility index (Phi) is 17.8. The van der Waals surface area contributed by atoms with Crippen LogP contribution in [-0.4, -0.2) is 11.1 Å². The van der Waals surface area contributed by atoms with E-state index in [1.807, 2.05) is 12.2 Å². The van der Waals surface area contributed by atoms with Crippen LogP contribution >= 0.6 is 0 Å². The van der Waals surface area contributed by atoms with Gasteiger partial charge < -0.3 is 5.11 Å². The standard InChI is InChI=1S/C22H34O2/c1-2-3-4-5-6-7-8-9-10-11-12-13-14-15-16-17-18-19-20-21-22(23)24/h7-10,12-13,15-16,18-19H,2-6,11,14,17,20-21H2,1H3,(H,23,24). The second-order valence-corrected chi connectivity index (χ2v) is 5.76. The third-order valence-electron chi connectivity index (χ3n) is 3.45. The van der Waals surface area contributed by atoms with Crippen molar-refractivity contribution in [3.63, 3.8) is 0 Å². The molecule has 0 aromatic carbocycles. The van der Waals surface area contributed by atoms with Crippen molar-refractivity contribution in [2.75, 3.05) is 0 Å². The van der Waals surface area contributed by atoms with Gasteiger partial charge in [-0.15, -0.1) is 0 Å². The number of carbonyl (C=O) groups is 1. The Labute approximate surface area is 148 Å². The minimum atomic E-state index is -0.739. The first-order valence-corrected chi connectivity index (χ1v) is 9.25. The van der Waals surface area contributed by atoms with Gasteiger partial charge in [-0.25, -0.2) is 0 Å². The predicted molar refractivity (Wildman–Crippen MR) is 105 cm³/mol. The first kappa shape index (κ1) is 22.2. The van der Waals surface area contributed by atoms with E-state index in [9.17, 15) is 4.79 Å². The van der Waals surface area contributed by atoms with Crippen LogP contribution in [0.5, 0.6) is 0 Å². The molecule has 0 spiro atoms. The highest BCUT2D eigenvalue weighted by molar-refractivity contribution is 5.66. The number of rotatable bonds is 15. The average molecular weight is 331 g/mol. The van der Waals surface area contributed by atoms with E-state index in [4.69, 9.17) is 5.11 Å². The molecule has 0 amide bonds. The lowest BCUT2D eigenvalue weighted by molar-refractivity contribution is -0.136. The van der Waals surface area contributed by atoms with Crippen LogP contribution in [0.25, 0.3) is 0 Å². The topological polar surface area (TPSA) is 37.3 Å². The molecule has 0 aliphatic carbocycles. The quantitative estimate of drug-likeness (QED) is 0.204. The van der Waals surface area contributed by atoms with Gasteiger partial charge in [0.05, 0.1) is 0 Å². The van der Waals surface area contributed by atoms with Crippen molar-refractivity contribution in [1.82, 2.24) is 0 Å². The minimum absolute atomic E-state index is 0.213. The first-order valence-electron chi connectivity index (χ1n) is 9.25. The molecule has 1 N–H and O–H groups in total. The third-order valence-corrected chi connectivity index (χ3v) is 3.45. The van der Waals surface area contributed by atoms with E-state index >= 15 is 0 Å².